The molecule has 7 nitrogen and oxygen atoms in total. The predicted octanol–water partition coefficient (Wildman–Crippen LogP) is 5.10. The first-order valence-corrected chi connectivity index (χ1v) is 9.80. The first-order chi connectivity index (χ1) is 15.5. The van der Waals surface area contributed by atoms with Gasteiger partial charge in [0.05, 0.1) is 17.9 Å². The van der Waals surface area contributed by atoms with Crippen LogP contribution in [0, 0.1) is 0 Å². The van der Waals surface area contributed by atoms with Gasteiger partial charge in [0.1, 0.15) is 0 Å². The Labute approximate surface area is 186 Å². The standard InChI is InChI=1S/C23H19F3N2O5/c1-4-32-22(31)19-20(15-7-11-18(12-8-15)28(13(2)29)14(3)30)33-21(27-19)16-5-9-17(10-6-16)23(24,25)26/h5-12H,4H2,1-3H3. The number of benzene rings is 2. The van der Waals surface area contributed by atoms with Crippen LogP contribution in [0.1, 0.15) is 36.8 Å². The number of halogens is 3. The third-order valence-corrected chi connectivity index (χ3v) is 4.57. The van der Waals surface area contributed by atoms with E-state index >= 15 is 0 Å². The van der Waals surface area contributed by atoms with E-state index in [9.17, 15) is 27.6 Å². The Hall–Kier alpha value is -3.95. The van der Waals surface area contributed by atoms with E-state index in [-0.39, 0.29) is 29.5 Å². The molecule has 0 aliphatic rings. The van der Waals surface area contributed by atoms with Crippen molar-refractivity contribution in [3.63, 3.8) is 0 Å². The summed E-state index contributed by atoms with van der Waals surface area (Å²) in [4.78, 5) is 41.0. The third-order valence-electron chi connectivity index (χ3n) is 4.57. The number of ether oxygens (including phenoxy) is 1. The van der Waals surface area contributed by atoms with Crippen molar-refractivity contribution in [3.8, 4) is 22.8 Å². The molecule has 10 heteroatoms. The zero-order valence-corrected chi connectivity index (χ0v) is 17.9. The Bertz CT molecular complexity index is 1170. The lowest BCUT2D eigenvalue weighted by Gasteiger charge is -2.17. The highest BCUT2D eigenvalue weighted by Gasteiger charge is 2.30. The van der Waals surface area contributed by atoms with Crippen molar-refractivity contribution in [2.75, 3.05) is 11.5 Å². The number of carbonyl (C=O) groups is 3. The maximum atomic E-state index is 12.8. The second kappa shape index (κ2) is 9.27. The van der Waals surface area contributed by atoms with E-state index in [0.717, 1.165) is 17.0 Å². The number of carbonyl (C=O) groups excluding carboxylic acids is 3. The van der Waals surface area contributed by atoms with Gasteiger partial charge in [-0.1, -0.05) is 0 Å². The van der Waals surface area contributed by atoms with E-state index < -0.39 is 29.5 Å². The molecular formula is C23H19F3N2O5. The minimum atomic E-state index is -4.49. The zero-order chi connectivity index (χ0) is 24.3. The largest absolute Gasteiger partial charge is 0.461 e. The highest BCUT2D eigenvalue weighted by atomic mass is 19.4. The van der Waals surface area contributed by atoms with Gasteiger partial charge in [0.25, 0.3) is 0 Å². The Balaban J connectivity index is 2.04. The molecule has 3 rings (SSSR count). The first kappa shape index (κ1) is 23.7. The summed E-state index contributed by atoms with van der Waals surface area (Å²) in [6.07, 6.45) is -4.49. The number of alkyl halides is 3. The minimum Gasteiger partial charge on any atom is -0.461 e. The van der Waals surface area contributed by atoms with E-state index in [1.54, 1.807) is 6.92 Å². The zero-order valence-electron chi connectivity index (χ0n) is 17.9. The molecule has 172 valence electrons. The van der Waals surface area contributed by atoms with Gasteiger partial charge in [0.15, 0.2) is 11.5 Å². The molecule has 0 N–H and O–H groups in total. The Kier molecular flexibility index (Phi) is 6.66. The maximum absolute atomic E-state index is 12.8. The van der Waals surface area contributed by atoms with E-state index in [2.05, 4.69) is 4.98 Å². The number of rotatable bonds is 5. The number of esters is 1. The molecule has 0 atom stereocenters. The molecule has 0 saturated heterocycles. The van der Waals surface area contributed by atoms with Crippen LogP contribution in [0.4, 0.5) is 18.9 Å². The SMILES string of the molecule is CCOC(=O)c1nc(-c2ccc(C(F)(F)F)cc2)oc1-c1ccc(N(C(C)=O)C(C)=O)cc1. The van der Waals surface area contributed by atoms with E-state index in [1.807, 2.05) is 0 Å². The molecule has 0 fully saturated rings. The van der Waals surface area contributed by atoms with Crippen LogP contribution in [0.3, 0.4) is 0 Å². The van der Waals surface area contributed by atoms with Crippen LogP contribution < -0.4 is 4.90 Å². The van der Waals surface area contributed by atoms with Gasteiger partial charge >= 0.3 is 12.1 Å². The Morgan fingerprint density at radius 3 is 1.97 bits per heavy atom. The summed E-state index contributed by atoms with van der Waals surface area (Å²) in [7, 11) is 0. The molecule has 1 heterocycles. The number of aromatic nitrogens is 1. The van der Waals surface area contributed by atoms with Crippen molar-refractivity contribution in [2.45, 2.75) is 26.9 Å². The van der Waals surface area contributed by atoms with Crippen LogP contribution in [-0.2, 0) is 20.5 Å². The van der Waals surface area contributed by atoms with Crippen LogP contribution in [0.2, 0.25) is 0 Å². The van der Waals surface area contributed by atoms with Crippen LogP contribution >= 0.6 is 0 Å². The van der Waals surface area contributed by atoms with Crippen LogP contribution in [0.5, 0.6) is 0 Å². The van der Waals surface area contributed by atoms with Gasteiger partial charge in [-0.3, -0.25) is 14.5 Å². The second-order valence-electron chi connectivity index (χ2n) is 6.91. The van der Waals surface area contributed by atoms with Crippen molar-refractivity contribution in [1.82, 2.24) is 4.98 Å². The van der Waals surface area contributed by atoms with Gasteiger partial charge in [-0.25, -0.2) is 9.78 Å². The highest BCUT2D eigenvalue weighted by Crippen LogP contribution is 2.34. The topological polar surface area (TPSA) is 89.7 Å². The van der Waals surface area contributed by atoms with Crippen molar-refractivity contribution in [1.29, 1.82) is 0 Å². The number of amides is 2. The molecule has 0 aliphatic carbocycles. The average molecular weight is 460 g/mol. The quantitative estimate of drug-likeness (QED) is 0.492. The molecule has 0 aliphatic heterocycles. The summed E-state index contributed by atoms with van der Waals surface area (Å²) >= 11 is 0. The van der Waals surface area contributed by atoms with Gasteiger partial charge in [-0.2, -0.15) is 13.2 Å². The monoisotopic (exact) mass is 460 g/mol. The molecule has 0 unspecified atom stereocenters. The molecule has 0 saturated carbocycles. The molecular weight excluding hydrogens is 441 g/mol. The fraction of sp³-hybridized carbons (Fsp3) is 0.217. The molecule has 33 heavy (non-hydrogen) atoms. The average Bonchev–Trinajstić information content (AvgIpc) is 3.19. The van der Waals surface area contributed by atoms with Gasteiger partial charge in [-0.05, 0) is 55.5 Å². The van der Waals surface area contributed by atoms with Gasteiger partial charge < -0.3 is 9.15 Å². The lowest BCUT2D eigenvalue weighted by atomic mass is 10.1. The van der Waals surface area contributed by atoms with Gasteiger partial charge in [0.2, 0.25) is 17.7 Å². The van der Waals surface area contributed by atoms with Crippen LogP contribution in [0.25, 0.3) is 22.8 Å². The van der Waals surface area contributed by atoms with Crippen molar-refractivity contribution >= 4 is 23.5 Å². The lowest BCUT2D eigenvalue weighted by Crippen LogP contribution is -2.32. The molecule has 0 bridgehead atoms. The molecule has 0 spiro atoms. The van der Waals surface area contributed by atoms with Crippen molar-refractivity contribution in [2.24, 2.45) is 0 Å². The molecule has 2 aromatic carbocycles. The number of nitrogens with zero attached hydrogens (tertiary/aromatic N) is 2. The molecule has 2 amide bonds. The second-order valence-corrected chi connectivity index (χ2v) is 6.91. The fourth-order valence-corrected chi connectivity index (χ4v) is 3.13. The maximum Gasteiger partial charge on any atom is 0.416 e. The summed E-state index contributed by atoms with van der Waals surface area (Å²) in [5.74, 6) is -1.74. The summed E-state index contributed by atoms with van der Waals surface area (Å²) in [6, 6.07) is 10.2. The molecule has 3 aromatic rings. The van der Waals surface area contributed by atoms with Crippen LogP contribution in [-0.4, -0.2) is 29.4 Å². The number of hydrogen-bond acceptors (Lipinski definition) is 6. The smallest absolute Gasteiger partial charge is 0.416 e. The predicted molar refractivity (Wildman–Crippen MR) is 112 cm³/mol. The highest BCUT2D eigenvalue weighted by molar-refractivity contribution is 6.13. The van der Waals surface area contributed by atoms with Gasteiger partial charge in [0, 0.05) is 25.0 Å². The van der Waals surface area contributed by atoms with Gasteiger partial charge in [-0.15, -0.1) is 0 Å². The lowest BCUT2D eigenvalue weighted by molar-refractivity contribution is -0.137. The number of imide groups is 1. The number of hydrogen-bond donors (Lipinski definition) is 0. The number of anilines is 1. The normalized spacial score (nSPS) is 11.2. The third kappa shape index (κ3) is 5.11. The fourth-order valence-electron chi connectivity index (χ4n) is 3.13. The Morgan fingerprint density at radius 1 is 0.939 bits per heavy atom. The molecule has 1 aromatic heterocycles. The summed E-state index contributed by atoms with van der Waals surface area (Å²) in [6.45, 7) is 4.19. The summed E-state index contributed by atoms with van der Waals surface area (Å²) in [5.41, 5.74) is -0.0524. The first-order valence-electron chi connectivity index (χ1n) is 9.80. The van der Waals surface area contributed by atoms with E-state index in [0.29, 0.717) is 11.3 Å². The van der Waals surface area contributed by atoms with E-state index in [1.165, 1.54) is 50.2 Å². The van der Waals surface area contributed by atoms with Crippen LogP contribution in [0.15, 0.2) is 52.9 Å². The summed E-state index contributed by atoms with van der Waals surface area (Å²) < 4.78 is 49.3. The Morgan fingerprint density at radius 2 is 1.48 bits per heavy atom. The number of oxazole rings is 1. The van der Waals surface area contributed by atoms with Crippen molar-refractivity contribution < 1.29 is 36.7 Å². The van der Waals surface area contributed by atoms with Crippen molar-refractivity contribution in [3.05, 3.63) is 59.8 Å². The minimum absolute atomic E-state index is 0.0343. The summed E-state index contributed by atoms with van der Waals surface area (Å²) in [5, 5.41) is 0. The molecule has 0 radical (unpaired) electrons. The van der Waals surface area contributed by atoms with E-state index in [4.69, 9.17) is 9.15 Å².